The van der Waals surface area contributed by atoms with Crippen molar-refractivity contribution in [2.24, 2.45) is 0 Å². The molecule has 1 rings (SSSR count). The Morgan fingerprint density at radius 1 is 1.42 bits per heavy atom. The maximum Gasteiger partial charge on any atom is 0.236 e. The molecule has 108 valence electrons. The summed E-state index contributed by atoms with van der Waals surface area (Å²) in [7, 11) is -2.19. The Hall–Kier alpha value is -1.34. The minimum Gasteiger partial charge on any atom is -0.494 e. The van der Waals surface area contributed by atoms with E-state index < -0.39 is 21.1 Å². The minimum absolute atomic E-state index is 0.0728. The van der Waals surface area contributed by atoms with E-state index in [4.69, 9.17) is 4.74 Å². The van der Waals surface area contributed by atoms with Crippen LogP contribution in [0.25, 0.3) is 0 Å². The predicted octanol–water partition coefficient (Wildman–Crippen LogP) is 1.57. The molecule has 0 heterocycles. The second-order valence-electron chi connectivity index (χ2n) is 4.11. The second-order valence-corrected chi connectivity index (χ2v) is 6.21. The molecular weight excluding hydrogens is 271 g/mol. The van der Waals surface area contributed by atoms with Crippen LogP contribution in [0.1, 0.15) is 13.8 Å². The molecule has 0 bridgehead atoms. The summed E-state index contributed by atoms with van der Waals surface area (Å²) >= 11 is 0. The van der Waals surface area contributed by atoms with Gasteiger partial charge < -0.3 is 10.1 Å². The van der Waals surface area contributed by atoms with Crippen molar-refractivity contribution in [2.45, 2.75) is 19.1 Å². The first-order chi connectivity index (χ1) is 8.90. The van der Waals surface area contributed by atoms with Crippen LogP contribution in [0.4, 0.5) is 10.1 Å². The third-order valence-electron chi connectivity index (χ3n) is 2.62. The lowest BCUT2D eigenvalue weighted by Crippen LogP contribution is -2.34. The molecule has 0 fully saturated rings. The number of rotatable bonds is 7. The normalized spacial score (nSPS) is 13.1. The maximum absolute atomic E-state index is 13.5. The van der Waals surface area contributed by atoms with E-state index in [0.29, 0.717) is 13.1 Å². The van der Waals surface area contributed by atoms with Crippen molar-refractivity contribution in [3.63, 3.8) is 0 Å². The first kappa shape index (κ1) is 15.7. The van der Waals surface area contributed by atoms with Gasteiger partial charge in [-0.1, -0.05) is 6.92 Å². The van der Waals surface area contributed by atoms with Gasteiger partial charge in [0.05, 0.1) is 18.0 Å². The Morgan fingerprint density at radius 2 is 2.11 bits per heavy atom. The van der Waals surface area contributed by atoms with Crippen molar-refractivity contribution in [1.82, 2.24) is 5.32 Å². The summed E-state index contributed by atoms with van der Waals surface area (Å²) in [5.41, 5.74) is 0.182. The van der Waals surface area contributed by atoms with Gasteiger partial charge in [-0.15, -0.1) is 0 Å². The zero-order valence-electron chi connectivity index (χ0n) is 11.2. The third-order valence-corrected chi connectivity index (χ3v) is 4.37. The summed E-state index contributed by atoms with van der Waals surface area (Å²) in [4.78, 5) is 0. The van der Waals surface area contributed by atoms with E-state index in [1.54, 1.807) is 6.92 Å². The van der Waals surface area contributed by atoms with Gasteiger partial charge in [-0.3, -0.25) is 4.72 Å². The summed E-state index contributed by atoms with van der Waals surface area (Å²) in [6.45, 7) is 4.51. The fourth-order valence-corrected chi connectivity index (χ4v) is 2.45. The third kappa shape index (κ3) is 4.36. The van der Waals surface area contributed by atoms with E-state index >= 15 is 0 Å². The van der Waals surface area contributed by atoms with E-state index in [9.17, 15) is 12.8 Å². The van der Waals surface area contributed by atoms with Gasteiger partial charge in [0, 0.05) is 12.6 Å². The molecule has 1 unspecified atom stereocenters. The monoisotopic (exact) mass is 290 g/mol. The quantitative estimate of drug-likeness (QED) is 0.800. The van der Waals surface area contributed by atoms with Crippen LogP contribution in [0.5, 0.6) is 5.75 Å². The van der Waals surface area contributed by atoms with Gasteiger partial charge in [0.15, 0.2) is 11.6 Å². The molecule has 0 amide bonds. The van der Waals surface area contributed by atoms with E-state index in [2.05, 4.69) is 10.0 Å². The van der Waals surface area contributed by atoms with Crippen LogP contribution in [0, 0.1) is 5.82 Å². The molecule has 0 radical (unpaired) electrons. The Labute approximate surface area is 113 Å². The SMILES string of the molecule is CCNCC(C)S(=O)(=O)Nc1ccc(OC)c(F)c1. The summed E-state index contributed by atoms with van der Waals surface area (Å²) in [6.07, 6.45) is 0. The molecule has 0 saturated carbocycles. The molecule has 0 saturated heterocycles. The van der Waals surface area contributed by atoms with Gasteiger partial charge in [0.1, 0.15) is 0 Å². The van der Waals surface area contributed by atoms with E-state index in [-0.39, 0.29) is 11.4 Å². The Balaban J connectivity index is 2.80. The minimum atomic E-state index is -3.54. The van der Waals surface area contributed by atoms with E-state index in [0.717, 1.165) is 6.07 Å². The fraction of sp³-hybridized carbons (Fsp3) is 0.500. The molecule has 0 aromatic heterocycles. The van der Waals surface area contributed by atoms with E-state index in [1.807, 2.05) is 6.92 Å². The van der Waals surface area contributed by atoms with Crippen LogP contribution in [0.15, 0.2) is 18.2 Å². The lowest BCUT2D eigenvalue weighted by molar-refractivity contribution is 0.386. The lowest BCUT2D eigenvalue weighted by atomic mass is 10.3. The number of hydrogen-bond acceptors (Lipinski definition) is 4. The highest BCUT2D eigenvalue weighted by Crippen LogP contribution is 2.21. The standard InChI is InChI=1S/C12H19FN2O3S/c1-4-14-8-9(2)19(16,17)15-10-5-6-12(18-3)11(13)7-10/h5-7,9,14-15H,4,8H2,1-3H3. The molecule has 1 aromatic rings. The Bertz CT molecular complexity index is 520. The highest BCUT2D eigenvalue weighted by Gasteiger charge is 2.20. The Kier molecular flexibility index (Phi) is 5.56. The number of halogens is 1. The fourth-order valence-electron chi connectivity index (χ4n) is 1.45. The number of methoxy groups -OCH3 is 1. The van der Waals surface area contributed by atoms with Gasteiger partial charge in [-0.2, -0.15) is 0 Å². The molecule has 1 atom stereocenters. The summed E-state index contributed by atoms with van der Waals surface area (Å²) in [6, 6.07) is 3.93. The van der Waals surface area contributed by atoms with Crippen LogP contribution in [-0.4, -0.2) is 33.9 Å². The van der Waals surface area contributed by atoms with Gasteiger partial charge >= 0.3 is 0 Å². The average Bonchev–Trinajstić information content (AvgIpc) is 2.35. The van der Waals surface area contributed by atoms with Crippen LogP contribution in [0.3, 0.4) is 0 Å². The molecule has 0 aliphatic rings. The van der Waals surface area contributed by atoms with Crippen LogP contribution in [0.2, 0.25) is 0 Å². The second kappa shape index (κ2) is 6.72. The van der Waals surface area contributed by atoms with Crippen molar-refractivity contribution >= 4 is 15.7 Å². The molecule has 19 heavy (non-hydrogen) atoms. The topological polar surface area (TPSA) is 67.4 Å². The van der Waals surface area contributed by atoms with Crippen molar-refractivity contribution in [2.75, 3.05) is 24.9 Å². The number of anilines is 1. The Morgan fingerprint density at radius 3 is 2.63 bits per heavy atom. The smallest absolute Gasteiger partial charge is 0.236 e. The van der Waals surface area contributed by atoms with Gasteiger partial charge in [-0.25, -0.2) is 12.8 Å². The zero-order valence-corrected chi connectivity index (χ0v) is 12.1. The van der Waals surface area contributed by atoms with Crippen molar-refractivity contribution in [3.8, 4) is 5.75 Å². The maximum atomic E-state index is 13.5. The molecule has 0 aliphatic carbocycles. The van der Waals surface area contributed by atoms with Crippen LogP contribution >= 0.6 is 0 Å². The summed E-state index contributed by atoms with van der Waals surface area (Å²) in [5, 5.41) is 2.34. The molecular formula is C12H19FN2O3S. The summed E-state index contributed by atoms with van der Waals surface area (Å²) < 4.78 is 44.5. The number of hydrogen-bond donors (Lipinski definition) is 2. The molecule has 5 nitrogen and oxygen atoms in total. The predicted molar refractivity (Wildman–Crippen MR) is 73.5 cm³/mol. The first-order valence-electron chi connectivity index (χ1n) is 5.96. The molecule has 0 spiro atoms. The number of nitrogens with one attached hydrogen (secondary N) is 2. The number of sulfonamides is 1. The lowest BCUT2D eigenvalue weighted by Gasteiger charge is -2.15. The first-order valence-corrected chi connectivity index (χ1v) is 7.51. The molecule has 1 aromatic carbocycles. The largest absolute Gasteiger partial charge is 0.494 e. The highest BCUT2D eigenvalue weighted by atomic mass is 32.2. The summed E-state index contributed by atoms with van der Waals surface area (Å²) in [5.74, 6) is -0.536. The molecule has 7 heteroatoms. The molecule has 2 N–H and O–H groups in total. The average molecular weight is 290 g/mol. The van der Waals surface area contributed by atoms with Crippen molar-refractivity contribution < 1.29 is 17.5 Å². The molecule has 0 aliphatic heterocycles. The van der Waals surface area contributed by atoms with Gasteiger partial charge in [0.25, 0.3) is 0 Å². The zero-order chi connectivity index (χ0) is 14.5. The van der Waals surface area contributed by atoms with Crippen LogP contribution < -0.4 is 14.8 Å². The van der Waals surface area contributed by atoms with Crippen LogP contribution in [-0.2, 0) is 10.0 Å². The van der Waals surface area contributed by atoms with Gasteiger partial charge in [0.2, 0.25) is 10.0 Å². The van der Waals surface area contributed by atoms with Gasteiger partial charge in [-0.05, 0) is 25.6 Å². The van der Waals surface area contributed by atoms with Crippen molar-refractivity contribution in [1.29, 1.82) is 0 Å². The number of benzene rings is 1. The number of ether oxygens (including phenoxy) is 1. The van der Waals surface area contributed by atoms with Crippen molar-refractivity contribution in [3.05, 3.63) is 24.0 Å². The highest BCUT2D eigenvalue weighted by molar-refractivity contribution is 7.93. The van der Waals surface area contributed by atoms with E-state index in [1.165, 1.54) is 19.2 Å².